The van der Waals surface area contributed by atoms with Crippen molar-refractivity contribution in [2.45, 2.75) is 26.0 Å². The molecule has 134 valence electrons. The molecule has 3 rings (SSSR count). The molecule has 0 radical (unpaired) electrons. The molecule has 25 heavy (non-hydrogen) atoms. The molecule has 0 spiro atoms. The van der Waals surface area contributed by atoms with Crippen molar-refractivity contribution in [2.24, 2.45) is 0 Å². The van der Waals surface area contributed by atoms with E-state index >= 15 is 0 Å². The number of amides is 1. The molecule has 0 saturated heterocycles. The summed E-state index contributed by atoms with van der Waals surface area (Å²) >= 11 is 1.53. The number of hydrogen-bond donors (Lipinski definition) is 1. The number of hydrogen-bond acceptors (Lipinski definition) is 5. The number of fused-ring (bicyclic) bond motifs is 1. The molecule has 5 nitrogen and oxygen atoms in total. The number of ether oxygens (including phenoxy) is 2. The maximum Gasteiger partial charge on any atom is 0.252 e. The highest BCUT2D eigenvalue weighted by molar-refractivity contribution is 7.08. The monoisotopic (exact) mass is 360 g/mol. The zero-order chi connectivity index (χ0) is 17.6. The van der Waals surface area contributed by atoms with Gasteiger partial charge in [0, 0.05) is 42.7 Å². The number of carbonyl (C=O) groups excluding carboxylic acids is 1. The van der Waals surface area contributed by atoms with Crippen LogP contribution in [0.25, 0.3) is 0 Å². The zero-order valence-electron chi connectivity index (χ0n) is 14.7. The van der Waals surface area contributed by atoms with Crippen molar-refractivity contribution in [2.75, 3.05) is 26.7 Å². The van der Waals surface area contributed by atoms with Crippen LogP contribution in [0.3, 0.4) is 0 Å². The Labute approximate surface area is 152 Å². The van der Waals surface area contributed by atoms with Crippen LogP contribution in [0.4, 0.5) is 0 Å². The molecule has 1 unspecified atom stereocenters. The zero-order valence-corrected chi connectivity index (χ0v) is 15.5. The summed E-state index contributed by atoms with van der Waals surface area (Å²) in [6.07, 6.45) is 1.10. The van der Waals surface area contributed by atoms with E-state index < -0.39 is 0 Å². The van der Waals surface area contributed by atoms with Gasteiger partial charge in [-0.3, -0.25) is 9.69 Å². The fourth-order valence-electron chi connectivity index (χ4n) is 2.94. The third-order valence-corrected chi connectivity index (χ3v) is 5.05. The first-order valence-electron chi connectivity index (χ1n) is 8.56. The van der Waals surface area contributed by atoms with Crippen LogP contribution in [0.2, 0.25) is 0 Å². The lowest BCUT2D eigenvalue weighted by Crippen LogP contribution is -2.38. The fourth-order valence-corrected chi connectivity index (χ4v) is 3.57. The molecule has 2 heterocycles. The molecule has 1 amide bonds. The molecule has 0 saturated carbocycles. The van der Waals surface area contributed by atoms with Gasteiger partial charge in [-0.2, -0.15) is 11.3 Å². The van der Waals surface area contributed by atoms with Gasteiger partial charge in [-0.1, -0.05) is 6.92 Å². The van der Waals surface area contributed by atoms with E-state index in [1.807, 2.05) is 35.0 Å². The molecule has 6 heteroatoms. The van der Waals surface area contributed by atoms with Gasteiger partial charge in [0.2, 0.25) is 0 Å². The normalized spacial score (nSPS) is 17.3. The Morgan fingerprint density at radius 1 is 1.44 bits per heavy atom. The number of rotatable bonds is 6. The second-order valence-corrected chi connectivity index (χ2v) is 6.90. The third kappa shape index (κ3) is 4.52. The van der Waals surface area contributed by atoms with Crippen molar-refractivity contribution in [1.82, 2.24) is 10.2 Å². The number of nitrogens with zero attached hydrogens (tertiary/aromatic N) is 1. The van der Waals surface area contributed by atoms with Crippen molar-refractivity contribution >= 4 is 17.2 Å². The first-order valence-corrected chi connectivity index (χ1v) is 9.50. The van der Waals surface area contributed by atoms with Gasteiger partial charge in [0.05, 0.1) is 7.11 Å². The lowest BCUT2D eigenvalue weighted by molar-refractivity contribution is 0.0943. The highest BCUT2D eigenvalue weighted by Gasteiger charge is 2.22. The standard InChI is InChI=1S/C19H24N2O3S/c1-3-16-12-21(8-7-20-19(22)14-6-9-25-13-14)11-15-10-17(23-2)4-5-18(15)24-16/h4-6,9-10,13,16H,3,7-8,11-12H2,1-2H3,(H,20,22). The summed E-state index contributed by atoms with van der Waals surface area (Å²) in [6.45, 7) is 5.17. The first kappa shape index (κ1) is 17.8. The van der Waals surface area contributed by atoms with Gasteiger partial charge < -0.3 is 14.8 Å². The molecule has 0 fully saturated rings. The Morgan fingerprint density at radius 2 is 2.32 bits per heavy atom. The van der Waals surface area contributed by atoms with Crippen LogP contribution in [-0.4, -0.2) is 43.7 Å². The molecule has 0 bridgehead atoms. The highest BCUT2D eigenvalue weighted by Crippen LogP contribution is 2.29. The fraction of sp³-hybridized carbons (Fsp3) is 0.421. The van der Waals surface area contributed by atoms with Crippen LogP contribution < -0.4 is 14.8 Å². The lowest BCUT2D eigenvalue weighted by Gasteiger charge is -2.23. The number of methoxy groups -OCH3 is 1. The predicted molar refractivity (Wildman–Crippen MR) is 99.6 cm³/mol. The molecular formula is C19H24N2O3S. The summed E-state index contributed by atoms with van der Waals surface area (Å²) in [5, 5.41) is 6.77. The van der Waals surface area contributed by atoms with Crippen LogP contribution in [0.1, 0.15) is 29.3 Å². The van der Waals surface area contributed by atoms with E-state index in [0.29, 0.717) is 6.54 Å². The van der Waals surface area contributed by atoms with Crippen LogP contribution in [0.15, 0.2) is 35.0 Å². The van der Waals surface area contributed by atoms with E-state index in [1.165, 1.54) is 11.3 Å². The van der Waals surface area contributed by atoms with Crippen LogP contribution in [0, 0.1) is 0 Å². The van der Waals surface area contributed by atoms with Gasteiger partial charge in [0.15, 0.2) is 0 Å². The lowest BCUT2D eigenvalue weighted by atomic mass is 10.2. The highest BCUT2D eigenvalue weighted by atomic mass is 32.1. The van der Waals surface area contributed by atoms with E-state index in [0.717, 1.165) is 48.7 Å². The minimum absolute atomic E-state index is 0.0126. The molecule has 1 aromatic heterocycles. The van der Waals surface area contributed by atoms with Crippen molar-refractivity contribution in [3.63, 3.8) is 0 Å². The minimum atomic E-state index is -0.0126. The van der Waals surface area contributed by atoms with Crippen LogP contribution >= 0.6 is 11.3 Å². The summed E-state index contributed by atoms with van der Waals surface area (Å²) in [7, 11) is 1.67. The molecule has 0 aliphatic carbocycles. The Kier molecular flexibility index (Phi) is 5.94. The summed E-state index contributed by atoms with van der Waals surface area (Å²) in [6, 6.07) is 7.79. The van der Waals surface area contributed by atoms with E-state index in [1.54, 1.807) is 7.11 Å². The number of thiophene rings is 1. The maximum atomic E-state index is 12.1. The van der Waals surface area contributed by atoms with Crippen molar-refractivity contribution in [1.29, 1.82) is 0 Å². The Hall–Kier alpha value is -2.05. The quantitative estimate of drug-likeness (QED) is 0.860. The van der Waals surface area contributed by atoms with E-state index in [9.17, 15) is 4.79 Å². The van der Waals surface area contributed by atoms with Crippen molar-refractivity contribution in [3.8, 4) is 11.5 Å². The molecular weight excluding hydrogens is 336 g/mol. The number of benzene rings is 1. The minimum Gasteiger partial charge on any atom is -0.497 e. The third-order valence-electron chi connectivity index (χ3n) is 4.37. The molecule has 1 atom stereocenters. The summed E-state index contributed by atoms with van der Waals surface area (Å²) in [5.41, 5.74) is 1.85. The average molecular weight is 360 g/mol. The van der Waals surface area contributed by atoms with Gasteiger partial charge in [-0.15, -0.1) is 0 Å². The van der Waals surface area contributed by atoms with Gasteiger partial charge in [-0.25, -0.2) is 0 Å². The Bertz CT molecular complexity index is 703. The summed E-state index contributed by atoms with van der Waals surface area (Å²) in [5.74, 6) is 1.75. The Morgan fingerprint density at radius 3 is 3.04 bits per heavy atom. The van der Waals surface area contributed by atoms with Gasteiger partial charge in [0.25, 0.3) is 5.91 Å². The van der Waals surface area contributed by atoms with Gasteiger partial charge >= 0.3 is 0 Å². The average Bonchev–Trinajstić information content (AvgIpc) is 3.10. The SMILES string of the molecule is CCC1CN(CCNC(=O)c2ccsc2)Cc2cc(OC)ccc2O1. The number of nitrogens with one attached hydrogen (secondary N) is 1. The molecule has 1 aliphatic rings. The topological polar surface area (TPSA) is 50.8 Å². The second-order valence-electron chi connectivity index (χ2n) is 6.12. The Balaban J connectivity index is 1.62. The van der Waals surface area contributed by atoms with E-state index in [4.69, 9.17) is 9.47 Å². The molecule has 2 aromatic rings. The molecule has 1 N–H and O–H groups in total. The van der Waals surface area contributed by atoms with E-state index in [-0.39, 0.29) is 12.0 Å². The van der Waals surface area contributed by atoms with Crippen LogP contribution in [0.5, 0.6) is 11.5 Å². The molecule has 1 aromatic carbocycles. The smallest absolute Gasteiger partial charge is 0.252 e. The van der Waals surface area contributed by atoms with E-state index in [2.05, 4.69) is 17.1 Å². The van der Waals surface area contributed by atoms with Gasteiger partial charge in [-0.05, 0) is 36.1 Å². The van der Waals surface area contributed by atoms with Crippen molar-refractivity contribution < 1.29 is 14.3 Å². The number of carbonyl (C=O) groups is 1. The second kappa shape index (κ2) is 8.36. The largest absolute Gasteiger partial charge is 0.497 e. The summed E-state index contributed by atoms with van der Waals surface area (Å²) < 4.78 is 11.5. The van der Waals surface area contributed by atoms with Crippen LogP contribution in [-0.2, 0) is 6.54 Å². The summed E-state index contributed by atoms with van der Waals surface area (Å²) in [4.78, 5) is 14.4. The molecule has 1 aliphatic heterocycles. The maximum absolute atomic E-state index is 12.1. The van der Waals surface area contributed by atoms with Crippen molar-refractivity contribution in [3.05, 3.63) is 46.2 Å². The predicted octanol–water partition coefficient (Wildman–Crippen LogP) is 3.16. The van der Waals surface area contributed by atoms with Gasteiger partial charge in [0.1, 0.15) is 17.6 Å². The first-order chi connectivity index (χ1) is 12.2.